The number of rotatable bonds is 9. The van der Waals surface area contributed by atoms with Crippen LogP contribution in [0.15, 0.2) is 60.7 Å². The molecule has 44 heavy (non-hydrogen) atoms. The quantitative estimate of drug-likeness (QED) is 0.175. The highest BCUT2D eigenvalue weighted by atomic mass is 31.1. The largest absolute Gasteiger partial charge is 0.497 e. The van der Waals surface area contributed by atoms with Gasteiger partial charge in [0, 0.05) is 34.1 Å². The van der Waals surface area contributed by atoms with E-state index in [1.165, 1.54) is 5.30 Å². The second-order valence-corrected chi connectivity index (χ2v) is 14.8. The SMILES string of the molecule is COc1cc(OC)cc(-c2cc(-c3cc(OC)cc(OC)c3)c(OC)c(-c3cccc4c3[P@](C(C)(C)C)[C@@H](C)O4)c2OC)c1. The van der Waals surface area contributed by atoms with Gasteiger partial charge in [-0.25, -0.2) is 0 Å². The summed E-state index contributed by atoms with van der Waals surface area (Å²) in [6.45, 7) is 9.02. The molecule has 0 saturated carbocycles. The van der Waals surface area contributed by atoms with E-state index in [0.717, 1.165) is 39.1 Å². The van der Waals surface area contributed by atoms with Crippen LogP contribution in [0.2, 0.25) is 0 Å². The van der Waals surface area contributed by atoms with E-state index in [2.05, 4.69) is 45.9 Å². The van der Waals surface area contributed by atoms with Crippen molar-refractivity contribution in [2.75, 3.05) is 42.7 Å². The van der Waals surface area contributed by atoms with Gasteiger partial charge in [0.25, 0.3) is 0 Å². The normalized spacial score (nSPS) is 15.7. The number of ether oxygens (including phenoxy) is 7. The van der Waals surface area contributed by atoms with Gasteiger partial charge in [-0.1, -0.05) is 32.9 Å². The van der Waals surface area contributed by atoms with Gasteiger partial charge in [-0.2, -0.15) is 0 Å². The minimum atomic E-state index is -0.715. The predicted octanol–water partition coefficient (Wildman–Crippen LogP) is 8.38. The Hall–Kier alpha value is -4.09. The lowest BCUT2D eigenvalue weighted by atomic mass is 9.90. The molecule has 0 spiro atoms. The molecule has 8 heteroatoms. The highest BCUT2D eigenvalue weighted by Crippen LogP contribution is 2.61. The van der Waals surface area contributed by atoms with Crippen LogP contribution in [-0.2, 0) is 0 Å². The van der Waals surface area contributed by atoms with Crippen molar-refractivity contribution >= 4 is 13.2 Å². The van der Waals surface area contributed by atoms with Crippen molar-refractivity contribution in [3.05, 3.63) is 60.7 Å². The number of methoxy groups -OCH3 is 6. The molecule has 7 nitrogen and oxygen atoms in total. The fraction of sp³-hybridized carbons (Fsp3) is 0.333. The fourth-order valence-corrected chi connectivity index (χ4v) is 9.19. The Morgan fingerprint density at radius 3 is 1.43 bits per heavy atom. The Morgan fingerprint density at radius 1 is 0.591 bits per heavy atom. The van der Waals surface area contributed by atoms with E-state index >= 15 is 0 Å². The molecule has 0 amide bonds. The monoisotopic (exact) mass is 616 g/mol. The smallest absolute Gasteiger partial charge is 0.138 e. The first-order valence-electron chi connectivity index (χ1n) is 14.4. The Balaban J connectivity index is 1.95. The van der Waals surface area contributed by atoms with Gasteiger partial charge in [-0.05, 0) is 67.5 Å². The van der Waals surface area contributed by atoms with Crippen LogP contribution in [0.25, 0.3) is 33.4 Å². The van der Waals surface area contributed by atoms with Crippen molar-refractivity contribution in [3.63, 3.8) is 0 Å². The second kappa shape index (κ2) is 12.5. The fourth-order valence-electron chi connectivity index (χ4n) is 6.04. The van der Waals surface area contributed by atoms with Crippen LogP contribution >= 0.6 is 7.92 Å². The van der Waals surface area contributed by atoms with Gasteiger partial charge in [0.05, 0.1) is 48.2 Å². The minimum Gasteiger partial charge on any atom is -0.497 e. The molecule has 0 aromatic heterocycles. The van der Waals surface area contributed by atoms with Crippen molar-refractivity contribution in [3.8, 4) is 73.6 Å². The van der Waals surface area contributed by atoms with Gasteiger partial charge in [0.1, 0.15) is 46.1 Å². The average molecular weight is 617 g/mol. The third-order valence-electron chi connectivity index (χ3n) is 7.86. The summed E-state index contributed by atoms with van der Waals surface area (Å²) in [6.07, 6.45) is 0. The Morgan fingerprint density at radius 2 is 1.05 bits per heavy atom. The van der Waals surface area contributed by atoms with Crippen molar-refractivity contribution in [1.82, 2.24) is 0 Å². The maximum atomic E-state index is 6.49. The third-order valence-corrected chi connectivity index (χ3v) is 11.1. The van der Waals surface area contributed by atoms with Crippen LogP contribution in [-0.4, -0.2) is 53.7 Å². The summed E-state index contributed by atoms with van der Waals surface area (Å²) in [5.41, 5.74) is 5.30. The Labute approximate surface area is 261 Å². The molecule has 1 aliphatic rings. The van der Waals surface area contributed by atoms with Crippen LogP contribution in [0, 0.1) is 0 Å². The molecular weight excluding hydrogens is 575 g/mol. The molecule has 0 radical (unpaired) electrons. The Bertz CT molecular complexity index is 1550. The molecule has 1 heterocycles. The van der Waals surface area contributed by atoms with Crippen LogP contribution in [0.5, 0.6) is 40.2 Å². The topological polar surface area (TPSA) is 64.6 Å². The zero-order valence-electron chi connectivity index (χ0n) is 27.2. The lowest BCUT2D eigenvalue weighted by Crippen LogP contribution is -2.23. The van der Waals surface area contributed by atoms with E-state index in [9.17, 15) is 0 Å². The number of hydrogen-bond acceptors (Lipinski definition) is 7. The molecule has 4 aromatic rings. The van der Waals surface area contributed by atoms with Gasteiger partial charge in [-0.3, -0.25) is 0 Å². The van der Waals surface area contributed by atoms with Gasteiger partial charge in [0.2, 0.25) is 0 Å². The van der Waals surface area contributed by atoms with E-state index in [4.69, 9.17) is 33.2 Å². The van der Waals surface area contributed by atoms with Crippen LogP contribution in [0.3, 0.4) is 0 Å². The molecular formula is C36H41O7P. The van der Waals surface area contributed by atoms with Gasteiger partial charge in [-0.15, -0.1) is 0 Å². The molecule has 2 atom stereocenters. The zero-order valence-corrected chi connectivity index (χ0v) is 28.1. The van der Waals surface area contributed by atoms with E-state index in [-0.39, 0.29) is 11.0 Å². The van der Waals surface area contributed by atoms with Gasteiger partial charge >= 0.3 is 0 Å². The molecule has 0 N–H and O–H groups in total. The van der Waals surface area contributed by atoms with Crippen LogP contribution in [0.1, 0.15) is 27.7 Å². The van der Waals surface area contributed by atoms with Crippen molar-refractivity contribution < 1.29 is 33.2 Å². The lowest BCUT2D eigenvalue weighted by Gasteiger charge is -2.31. The number of benzene rings is 4. The Kier molecular flexibility index (Phi) is 8.90. The predicted molar refractivity (Wildman–Crippen MR) is 178 cm³/mol. The number of fused-ring (bicyclic) bond motifs is 1. The highest BCUT2D eigenvalue weighted by molar-refractivity contribution is 7.68. The van der Waals surface area contributed by atoms with E-state index < -0.39 is 7.92 Å². The van der Waals surface area contributed by atoms with Crippen molar-refractivity contribution in [2.45, 2.75) is 38.7 Å². The van der Waals surface area contributed by atoms with Crippen LogP contribution in [0.4, 0.5) is 0 Å². The summed E-state index contributed by atoms with van der Waals surface area (Å²) in [5.74, 6) is 4.99. The van der Waals surface area contributed by atoms with E-state index in [0.29, 0.717) is 34.5 Å². The third kappa shape index (κ3) is 5.61. The lowest BCUT2D eigenvalue weighted by molar-refractivity contribution is 0.313. The average Bonchev–Trinajstić information content (AvgIpc) is 3.39. The molecule has 232 valence electrons. The first-order valence-corrected chi connectivity index (χ1v) is 15.8. The molecule has 1 aliphatic heterocycles. The molecule has 0 saturated heterocycles. The van der Waals surface area contributed by atoms with Crippen molar-refractivity contribution in [1.29, 1.82) is 0 Å². The van der Waals surface area contributed by atoms with Gasteiger partial charge in [0.15, 0.2) is 0 Å². The summed E-state index contributed by atoms with van der Waals surface area (Å²) in [6, 6.07) is 20.0. The first-order chi connectivity index (χ1) is 21.1. The second-order valence-electron chi connectivity index (χ2n) is 11.5. The maximum Gasteiger partial charge on any atom is 0.138 e. The van der Waals surface area contributed by atoms with Crippen molar-refractivity contribution in [2.24, 2.45) is 0 Å². The van der Waals surface area contributed by atoms with Gasteiger partial charge < -0.3 is 33.2 Å². The highest BCUT2D eigenvalue weighted by Gasteiger charge is 2.42. The molecule has 5 rings (SSSR count). The minimum absolute atomic E-state index is 0.00264. The maximum absolute atomic E-state index is 6.49. The summed E-state index contributed by atoms with van der Waals surface area (Å²) >= 11 is 0. The molecule has 0 fully saturated rings. The molecule has 4 aromatic carbocycles. The van der Waals surface area contributed by atoms with E-state index in [1.54, 1.807) is 42.7 Å². The van der Waals surface area contributed by atoms with Crippen LogP contribution < -0.4 is 38.5 Å². The number of hydrogen-bond donors (Lipinski definition) is 0. The summed E-state index contributed by atoms with van der Waals surface area (Å²) in [4.78, 5) is 0. The first kappa shape index (κ1) is 31.3. The molecule has 0 aliphatic carbocycles. The van der Waals surface area contributed by atoms with E-state index in [1.807, 2.05) is 42.5 Å². The summed E-state index contributed by atoms with van der Waals surface area (Å²) in [7, 11) is 9.26. The molecule has 0 bridgehead atoms. The standard InChI is InChI=1S/C36H41O7P/c1-21-43-31-13-11-12-28(35(31)44(21)36(2,3)4)32-33(41-9)29(22-14-24(37-5)18-25(15-22)38-6)20-30(34(32)42-10)23-16-26(39-7)19-27(17-23)40-8/h11-21H,1-10H3/t21-,44+/m0/s1. The summed E-state index contributed by atoms with van der Waals surface area (Å²) < 4.78 is 41.8. The summed E-state index contributed by atoms with van der Waals surface area (Å²) in [5, 5.41) is 1.20. The molecule has 0 unspecified atom stereocenters. The zero-order chi connectivity index (χ0) is 31.8.